The first-order valence-electron chi connectivity index (χ1n) is 6.08. The topological polar surface area (TPSA) is 19.0 Å². The highest BCUT2D eigenvalue weighted by molar-refractivity contribution is 5.55. The van der Waals surface area contributed by atoms with Crippen LogP contribution in [0.2, 0.25) is 0 Å². The Morgan fingerprint density at radius 1 is 1.27 bits per heavy atom. The number of fused-ring (bicyclic) bond motifs is 1. The van der Waals surface area contributed by atoms with Crippen LogP contribution in [0, 0.1) is 0 Å². The molecule has 0 radical (unpaired) electrons. The molecule has 0 spiro atoms. The molecule has 0 unspecified atom stereocenters. The number of nitrogens with one attached hydrogen (secondary N) is 1. The first kappa shape index (κ1) is 10.6. The molecule has 84 valence electrons. The standard InChI is InChI=1S/C13H22N2/c1-9(2)12-8-14-13-11(12)6-5-7-15(13)10(3)4/h8-10,14H,5-7H2,1-4H3. The normalized spacial score (nSPS) is 16.3. The van der Waals surface area contributed by atoms with E-state index in [4.69, 9.17) is 0 Å². The Balaban J connectivity index is 2.38. The van der Waals surface area contributed by atoms with E-state index >= 15 is 0 Å². The molecule has 0 amide bonds. The third-order valence-electron chi connectivity index (χ3n) is 3.36. The van der Waals surface area contributed by atoms with Gasteiger partial charge in [-0.15, -0.1) is 0 Å². The second-order valence-electron chi connectivity index (χ2n) is 5.12. The molecule has 1 aliphatic rings. The molecule has 1 aliphatic heterocycles. The summed E-state index contributed by atoms with van der Waals surface area (Å²) in [5, 5.41) is 0. The summed E-state index contributed by atoms with van der Waals surface area (Å²) in [6.45, 7) is 10.3. The maximum atomic E-state index is 3.46. The van der Waals surface area contributed by atoms with E-state index in [9.17, 15) is 0 Å². The predicted molar refractivity (Wildman–Crippen MR) is 65.7 cm³/mol. The van der Waals surface area contributed by atoms with Crippen LogP contribution in [0.15, 0.2) is 6.20 Å². The molecule has 2 heteroatoms. The van der Waals surface area contributed by atoms with Crippen LogP contribution in [0.5, 0.6) is 0 Å². The fourth-order valence-corrected chi connectivity index (χ4v) is 2.55. The molecule has 0 bridgehead atoms. The van der Waals surface area contributed by atoms with Gasteiger partial charge in [0.25, 0.3) is 0 Å². The molecule has 0 aromatic carbocycles. The molecule has 2 nitrogen and oxygen atoms in total. The van der Waals surface area contributed by atoms with Gasteiger partial charge in [-0.05, 0) is 43.7 Å². The maximum Gasteiger partial charge on any atom is 0.109 e. The molecular weight excluding hydrogens is 184 g/mol. The Morgan fingerprint density at radius 3 is 2.60 bits per heavy atom. The van der Waals surface area contributed by atoms with Crippen molar-refractivity contribution in [3.05, 3.63) is 17.3 Å². The maximum absolute atomic E-state index is 3.46. The number of hydrogen-bond acceptors (Lipinski definition) is 1. The van der Waals surface area contributed by atoms with Crippen LogP contribution in [0.3, 0.4) is 0 Å². The van der Waals surface area contributed by atoms with Crippen molar-refractivity contribution >= 4 is 5.82 Å². The van der Waals surface area contributed by atoms with Crippen LogP contribution in [-0.2, 0) is 6.42 Å². The number of nitrogens with zero attached hydrogens (tertiary/aromatic N) is 1. The van der Waals surface area contributed by atoms with E-state index in [1.165, 1.54) is 30.8 Å². The van der Waals surface area contributed by atoms with Gasteiger partial charge in [0.05, 0.1) is 0 Å². The highest BCUT2D eigenvalue weighted by Crippen LogP contribution is 2.33. The monoisotopic (exact) mass is 206 g/mol. The van der Waals surface area contributed by atoms with E-state index in [1.54, 1.807) is 5.56 Å². The van der Waals surface area contributed by atoms with Gasteiger partial charge in [0.2, 0.25) is 0 Å². The zero-order chi connectivity index (χ0) is 11.0. The van der Waals surface area contributed by atoms with Crippen LogP contribution in [-0.4, -0.2) is 17.6 Å². The minimum absolute atomic E-state index is 0.600. The molecule has 1 aromatic heterocycles. The molecule has 0 aliphatic carbocycles. The van der Waals surface area contributed by atoms with E-state index in [0.717, 1.165) is 0 Å². The van der Waals surface area contributed by atoms with Crippen molar-refractivity contribution in [3.63, 3.8) is 0 Å². The summed E-state index contributed by atoms with van der Waals surface area (Å²) in [7, 11) is 0. The lowest BCUT2D eigenvalue weighted by atomic mass is 9.96. The smallest absolute Gasteiger partial charge is 0.109 e. The van der Waals surface area contributed by atoms with Crippen LogP contribution in [0.25, 0.3) is 0 Å². The fourth-order valence-electron chi connectivity index (χ4n) is 2.55. The van der Waals surface area contributed by atoms with Crippen molar-refractivity contribution in [2.45, 2.75) is 52.5 Å². The summed E-state index contributed by atoms with van der Waals surface area (Å²) in [6.07, 6.45) is 4.74. The Bertz CT molecular complexity index is 336. The van der Waals surface area contributed by atoms with Crippen LogP contribution in [0.1, 0.15) is 51.2 Å². The van der Waals surface area contributed by atoms with Gasteiger partial charge in [0.15, 0.2) is 0 Å². The predicted octanol–water partition coefficient (Wildman–Crippen LogP) is 3.30. The highest BCUT2D eigenvalue weighted by atomic mass is 15.2. The van der Waals surface area contributed by atoms with Crippen molar-refractivity contribution in [1.82, 2.24) is 4.98 Å². The first-order chi connectivity index (χ1) is 7.11. The van der Waals surface area contributed by atoms with Gasteiger partial charge in [0.1, 0.15) is 5.82 Å². The summed E-state index contributed by atoms with van der Waals surface area (Å²) < 4.78 is 0. The van der Waals surface area contributed by atoms with E-state index in [1.807, 2.05) is 0 Å². The zero-order valence-electron chi connectivity index (χ0n) is 10.3. The molecule has 1 aromatic rings. The van der Waals surface area contributed by atoms with E-state index in [-0.39, 0.29) is 0 Å². The van der Waals surface area contributed by atoms with Gasteiger partial charge in [0, 0.05) is 18.8 Å². The third kappa shape index (κ3) is 1.77. The van der Waals surface area contributed by atoms with Crippen LogP contribution in [0.4, 0.5) is 5.82 Å². The summed E-state index contributed by atoms with van der Waals surface area (Å²) in [4.78, 5) is 5.96. The number of aromatic amines is 1. The summed E-state index contributed by atoms with van der Waals surface area (Å²) >= 11 is 0. The van der Waals surface area contributed by atoms with E-state index in [0.29, 0.717) is 12.0 Å². The number of H-pyrrole nitrogens is 1. The van der Waals surface area contributed by atoms with Crippen molar-refractivity contribution < 1.29 is 0 Å². The molecule has 0 saturated heterocycles. The molecule has 0 saturated carbocycles. The van der Waals surface area contributed by atoms with Crippen LogP contribution < -0.4 is 4.90 Å². The van der Waals surface area contributed by atoms with E-state index in [2.05, 4.69) is 43.8 Å². The Labute approximate surface area is 92.7 Å². The number of anilines is 1. The lowest BCUT2D eigenvalue weighted by molar-refractivity contribution is 0.617. The molecule has 0 atom stereocenters. The van der Waals surface area contributed by atoms with Crippen molar-refractivity contribution in [1.29, 1.82) is 0 Å². The molecule has 2 heterocycles. The van der Waals surface area contributed by atoms with E-state index < -0.39 is 0 Å². The number of aromatic nitrogens is 1. The summed E-state index contributed by atoms with van der Waals surface area (Å²) in [5.74, 6) is 2.01. The molecule has 1 N–H and O–H groups in total. The largest absolute Gasteiger partial charge is 0.356 e. The average Bonchev–Trinajstić information content (AvgIpc) is 2.59. The summed E-state index contributed by atoms with van der Waals surface area (Å²) in [6, 6.07) is 0.600. The third-order valence-corrected chi connectivity index (χ3v) is 3.36. The van der Waals surface area contributed by atoms with Crippen molar-refractivity contribution in [2.24, 2.45) is 0 Å². The summed E-state index contributed by atoms with van der Waals surface area (Å²) in [5.41, 5.74) is 3.07. The van der Waals surface area contributed by atoms with Gasteiger partial charge in [-0.3, -0.25) is 0 Å². The first-order valence-corrected chi connectivity index (χ1v) is 6.08. The van der Waals surface area contributed by atoms with Crippen LogP contribution >= 0.6 is 0 Å². The zero-order valence-corrected chi connectivity index (χ0v) is 10.3. The Kier molecular flexibility index (Phi) is 2.76. The molecule has 15 heavy (non-hydrogen) atoms. The van der Waals surface area contributed by atoms with Gasteiger partial charge >= 0.3 is 0 Å². The van der Waals surface area contributed by atoms with Gasteiger partial charge in [-0.2, -0.15) is 0 Å². The average molecular weight is 206 g/mol. The fraction of sp³-hybridized carbons (Fsp3) is 0.692. The van der Waals surface area contributed by atoms with Gasteiger partial charge < -0.3 is 9.88 Å². The molecule has 0 fully saturated rings. The minimum Gasteiger partial charge on any atom is -0.356 e. The highest BCUT2D eigenvalue weighted by Gasteiger charge is 2.23. The SMILES string of the molecule is CC(C)c1c[nH]c2c1CCCN2C(C)C. The molecule has 2 rings (SSSR count). The molecular formula is C13H22N2. The Hall–Kier alpha value is -0.920. The van der Waals surface area contributed by atoms with Crippen molar-refractivity contribution in [3.8, 4) is 0 Å². The lowest BCUT2D eigenvalue weighted by Crippen LogP contribution is -2.35. The number of rotatable bonds is 2. The Morgan fingerprint density at radius 2 is 2.00 bits per heavy atom. The van der Waals surface area contributed by atoms with Gasteiger partial charge in [-0.25, -0.2) is 0 Å². The second kappa shape index (κ2) is 3.92. The minimum atomic E-state index is 0.600. The quantitative estimate of drug-likeness (QED) is 0.786. The lowest BCUT2D eigenvalue weighted by Gasteiger charge is -2.32. The number of hydrogen-bond donors (Lipinski definition) is 1. The van der Waals surface area contributed by atoms with Gasteiger partial charge in [-0.1, -0.05) is 13.8 Å². The van der Waals surface area contributed by atoms with Crippen molar-refractivity contribution in [2.75, 3.05) is 11.4 Å². The second-order valence-corrected chi connectivity index (χ2v) is 5.12.